The number of nitrogens with zero attached hydrogens (tertiary/aromatic N) is 1. The van der Waals surface area contributed by atoms with Crippen LogP contribution in [0, 0.1) is 10.1 Å². The molecule has 0 spiro atoms. The Morgan fingerprint density at radius 2 is 2.32 bits per heavy atom. The lowest BCUT2D eigenvalue weighted by Crippen LogP contribution is -2.35. The van der Waals surface area contributed by atoms with E-state index < -0.39 is 4.92 Å². The molecule has 1 unspecified atom stereocenters. The minimum absolute atomic E-state index is 0.0237. The number of non-ortho nitro benzene ring substituents is 1. The molecule has 0 aliphatic carbocycles. The van der Waals surface area contributed by atoms with Gasteiger partial charge < -0.3 is 10.4 Å². The number of nitrogens with one attached hydrogen (secondary N) is 1. The Hall–Kier alpha value is -2.21. The van der Waals surface area contributed by atoms with Crippen molar-refractivity contribution in [3.63, 3.8) is 0 Å². The van der Waals surface area contributed by atoms with Gasteiger partial charge >= 0.3 is 0 Å². The molecule has 1 aromatic rings. The van der Waals surface area contributed by atoms with Crippen molar-refractivity contribution in [1.29, 1.82) is 0 Å². The van der Waals surface area contributed by atoms with Gasteiger partial charge in [-0.25, -0.2) is 0 Å². The first-order valence-electron chi connectivity index (χ1n) is 5.90. The lowest BCUT2D eigenvalue weighted by molar-refractivity contribution is -0.384. The van der Waals surface area contributed by atoms with Gasteiger partial charge in [0.05, 0.1) is 17.6 Å². The summed E-state index contributed by atoms with van der Waals surface area (Å²) < 4.78 is 0. The van der Waals surface area contributed by atoms with Gasteiger partial charge in [-0.3, -0.25) is 14.9 Å². The van der Waals surface area contributed by atoms with Crippen LogP contribution >= 0.6 is 0 Å². The maximum Gasteiger partial charge on any atom is 0.270 e. The second-order valence-electron chi connectivity index (χ2n) is 3.98. The number of nitro benzene ring substituents is 1. The lowest BCUT2D eigenvalue weighted by atomic mass is 10.2. The van der Waals surface area contributed by atoms with E-state index in [-0.39, 0.29) is 24.2 Å². The Labute approximate surface area is 110 Å². The number of amides is 1. The average Bonchev–Trinajstić information content (AvgIpc) is 2.42. The van der Waals surface area contributed by atoms with Gasteiger partial charge in [0.1, 0.15) is 0 Å². The third-order valence-corrected chi connectivity index (χ3v) is 2.57. The van der Waals surface area contributed by atoms with E-state index in [1.807, 2.05) is 6.92 Å². The van der Waals surface area contributed by atoms with Gasteiger partial charge in [0.15, 0.2) is 0 Å². The molecule has 1 aromatic carbocycles. The SMILES string of the molecule is CCC(CO)NC(=O)/C=C/c1cccc([N+](=O)[O-])c1. The van der Waals surface area contributed by atoms with E-state index in [1.54, 1.807) is 12.1 Å². The van der Waals surface area contributed by atoms with Crippen molar-refractivity contribution in [3.8, 4) is 0 Å². The lowest BCUT2D eigenvalue weighted by Gasteiger charge is -2.11. The predicted molar refractivity (Wildman–Crippen MR) is 71.4 cm³/mol. The molecule has 19 heavy (non-hydrogen) atoms. The molecule has 1 rings (SSSR count). The third kappa shape index (κ3) is 4.89. The van der Waals surface area contributed by atoms with E-state index in [1.165, 1.54) is 24.3 Å². The number of aliphatic hydroxyl groups is 1. The number of nitro groups is 1. The van der Waals surface area contributed by atoms with Crippen LogP contribution in [0.4, 0.5) is 5.69 Å². The molecule has 0 aromatic heterocycles. The number of carbonyl (C=O) groups is 1. The fourth-order valence-electron chi connectivity index (χ4n) is 1.44. The molecule has 0 saturated carbocycles. The summed E-state index contributed by atoms with van der Waals surface area (Å²) in [5.41, 5.74) is 0.547. The summed E-state index contributed by atoms with van der Waals surface area (Å²) in [7, 11) is 0. The highest BCUT2D eigenvalue weighted by Crippen LogP contribution is 2.13. The van der Waals surface area contributed by atoms with Gasteiger partial charge in [0, 0.05) is 18.2 Å². The molecule has 6 nitrogen and oxygen atoms in total. The maximum atomic E-state index is 11.5. The highest BCUT2D eigenvalue weighted by molar-refractivity contribution is 5.91. The molecular weight excluding hydrogens is 248 g/mol. The van der Waals surface area contributed by atoms with Gasteiger partial charge in [-0.1, -0.05) is 19.1 Å². The molecule has 0 aliphatic rings. The number of hydrogen-bond acceptors (Lipinski definition) is 4. The Balaban J connectivity index is 2.68. The Kier molecular flexibility index (Phi) is 5.69. The molecule has 0 bridgehead atoms. The van der Waals surface area contributed by atoms with Crippen LogP contribution in [0.25, 0.3) is 6.08 Å². The Morgan fingerprint density at radius 1 is 1.58 bits per heavy atom. The fourth-order valence-corrected chi connectivity index (χ4v) is 1.44. The van der Waals surface area contributed by atoms with E-state index in [2.05, 4.69) is 5.32 Å². The molecule has 0 fully saturated rings. The topological polar surface area (TPSA) is 92.5 Å². The minimum Gasteiger partial charge on any atom is -0.394 e. The number of rotatable bonds is 6. The number of hydrogen-bond donors (Lipinski definition) is 2. The molecule has 0 heterocycles. The smallest absolute Gasteiger partial charge is 0.270 e. The van der Waals surface area contributed by atoms with E-state index in [9.17, 15) is 14.9 Å². The van der Waals surface area contributed by atoms with Crippen LogP contribution in [0.1, 0.15) is 18.9 Å². The molecule has 2 N–H and O–H groups in total. The van der Waals surface area contributed by atoms with Crippen molar-refractivity contribution < 1.29 is 14.8 Å². The Bertz CT molecular complexity index is 481. The van der Waals surface area contributed by atoms with Crippen LogP contribution in [0.2, 0.25) is 0 Å². The fraction of sp³-hybridized carbons (Fsp3) is 0.308. The van der Waals surface area contributed by atoms with Crippen LogP contribution in [-0.4, -0.2) is 28.6 Å². The molecule has 0 aliphatic heterocycles. The van der Waals surface area contributed by atoms with E-state index in [0.717, 1.165) is 0 Å². The van der Waals surface area contributed by atoms with Crippen molar-refractivity contribution in [1.82, 2.24) is 5.32 Å². The first-order valence-corrected chi connectivity index (χ1v) is 5.90. The molecule has 0 radical (unpaired) electrons. The van der Waals surface area contributed by atoms with Gasteiger partial charge in [-0.05, 0) is 18.1 Å². The van der Waals surface area contributed by atoms with E-state index in [4.69, 9.17) is 5.11 Å². The van der Waals surface area contributed by atoms with Gasteiger partial charge in [-0.2, -0.15) is 0 Å². The maximum absolute atomic E-state index is 11.5. The van der Waals surface area contributed by atoms with Crippen LogP contribution in [0.3, 0.4) is 0 Å². The first kappa shape index (κ1) is 14.8. The minimum atomic E-state index is -0.490. The molecule has 102 valence electrons. The predicted octanol–water partition coefficient (Wildman–Crippen LogP) is 1.50. The summed E-state index contributed by atoms with van der Waals surface area (Å²) in [6.07, 6.45) is 3.41. The average molecular weight is 264 g/mol. The Morgan fingerprint density at radius 3 is 2.89 bits per heavy atom. The standard InChI is InChI=1S/C13H16N2O4/c1-2-11(9-16)14-13(17)7-6-10-4-3-5-12(8-10)15(18)19/h3-8,11,16H,2,9H2,1H3,(H,14,17)/b7-6+. The monoisotopic (exact) mass is 264 g/mol. The summed E-state index contributed by atoms with van der Waals surface area (Å²) >= 11 is 0. The van der Waals surface area contributed by atoms with Gasteiger partial charge in [0.25, 0.3) is 5.69 Å². The second-order valence-corrected chi connectivity index (χ2v) is 3.98. The largest absolute Gasteiger partial charge is 0.394 e. The van der Waals surface area contributed by atoms with Crippen molar-refractivity contribution >= 4 is 17.7 Å². The molecule has 0 saturated heterocycles. The molecular formula is C13H16N2O4. The van der Waals surface area contributed by atoms with Crippen molar-refractivity contribution in [2.75, 3.05) is 6.61 Å². The van der Waals surface area contributed by atoms with Crippen LogP contribution in [0.15, 0.2) is 30.3 Å². The molecule has 6 heteroatoms. The van der Waals surface area contributed by atoms with E-state index >= 15 is 0 Å². The summed E-state index contributed by atoms with van der Waals surface area (Å²) in [5, 5.41) is 22.1. The van der Waals surface area contributed by atoms with Crippen LogP contribution in [0.5, 0.6) is 0 Å². The number of benzene rings is 1. The van der Waals surface area contributed by atoms with Crippen molar-refractivity contribution in [2.45, 2.75) is 19.4 Å². The molecule has 1 amide bonds. The van der Waals surface area contributed by atoms with E-state index in [0.29, 0.717) is 12.0 Å². The zero-order valence-electron chi connectivity index (χ0n) is 10.6. The summed E-state index contributed by atoms with van der Waals surface area (Å²) in [5.74, 6) is -0.340. The number of aliphatic hydroxyl groups excluding tert-OH is 1. The van der Waals surface area contributed by atoms with Crippen molar-refractivity contribution in [3.05, 3.63) is 46.0 Å². The molecule has 1 atom stereocenters. The van der Waals surface area contributed by atoms with Gasteiger partial charge in [-0.15, -0.1) is 0 Å². The zero-order valence-corrected chi connectivity index (χ0v) is 10.6. The van der Waals surface area contributed by atoms with Crippen LogP contribution in [-0.2, 0) is 4.79 Å². The normalized spacial score (nSPS) is 12.3. The number of carbonyl (C=O) groups excluding carboxylic acids is 1. The summed E-state index contributed by atoms with van der Waals surface area (Å²) in [4.78, 5) is 21.6. The van der Waals surface area contributed by atoms with Crippen molar-refractivity contribution in [2.24, 2.45) is 0 Å². The van der Waals surface area contributed by atoms with Gasteiger partial charge in [0.2, 0.25) is 5.91 Å². The summed E-state index contributed by atoms with van der Waals surface area (Å²) in [6, 6.07) is 5.71. The summed E-state index contributed by atoms with van der Waals surface area (Å²) in [6.45, 7) is 1.73. The quantitative estimate of drug-likeness (QED) is 0.462. The third-order valence-electron chi connectivity index (χ3n) is 2.57. The highest BCUT2D eigenvalue weighted by Gasteiger charge is 2.07. The van der Waals surface area contributed by atoms with Crippen LogP contribution < -0.4 is 5.32 Å². The highest BCUT2D eigenvalue weighted by atomic mass is 16.6. The second kappa shape index (κ2) is 7.27. The first-order chi connectivity index (χ1) is 9.06. The zero-order chi connectivity index (χ0) is 14.3.